The lowest BCUT2D eigenvalue weighted by Gasteiger charge is -2.08. The summed E-state index contributed by atoms with van der Waals surface area (Å²) in [5, 5.41) is 5.93. The van der Waals surface area contributed by atoms with Crippen LogP contribution in [0.1, 0.15) is 15.9 Å². The van der Waals surface area contributed by atoms with Gasteiger partial charge in [-0.3, -0.25) is 14.4 Å². The molecule has 0 aliphatic heterocycles. The van der Waals surface area contributed by atoms with E-state index in [9.17, 15) is 14.4 Å². The Hall–Kier alpha value is -2.57. The van der Waals surface area contributed by atoms with Crippen molar-refractivity contribution in [1.29, 1.82) is 0 Å². The van der Waals surface area contributed by atoms with Crippen molar-refractivity contribution in [3.8, 4) is 0 Å². The maximum absolute atomic E-state index is 12.2. The highest BCUT2D eigenvalue weighted by Crippen LogP contribution is 2.23. The number of carbonyl (C=O) groups excluding carboxylic acids is 3. The van der Waals surface area contributed by atoms with E-state index in [2.05, 4.69) is 15.4 Å². The lowest BCUT2D eigenvalue weighted by molar-refractivity contribution is -0.139. The van der Waals surface area contributed by atoms with Crippen molar-refractivity contribution in [3.05, 3.63) is 63.6 Å². The Labute approximate surface area is 160 Å². The van der Waals surface area contributed by atoms with Gasteiger partial charge in [-0.2, -0.15) is 0 Å². The Morgan fingerprint density at radius 3 is 2.50 bits per heavy atom. The van der Waals surface area contributed by atoms with Gasteiger partial charge in [0.15, 0.2) is 0 Å². The fourth-order valence-corrected chi connectivity index (χ4v) is 2.43. The predicted molar refractivity (Wildman–Crippen MR) is 99.6 cm³/mol. The molecule has 0 aliphatic carbocycles. The normalized spacial score (nSPS) is 10.1. The SMILES string of the molecule is COC(=O)CNC(=O)c1cccc(NC(=O)Cc2ccc(Cl)c(Cl)c2)c1. The van der Waals surface area contributed by atoms with Crippen LogP contribution in [0, 0.1) is 0 Å². The molecule has 0 aliphatic rings. The van der Waals surface area contributed by atoms with Crippen LogP contribution in [0.15, 0.2) is 42.5 Å². The third-order valence-corrected chi connectivity index (χ3v) is 4.12. The third kappa shape index (κ3) is 5.75. The second-order valence-corrected chi connectivity index (χ2v) is 6.13. The topological polar surface area (TPSA) is 84.5 Å². The molecule has 6 nitrogen and oxygen atoms in total. The van der Waals surface area contributed by atoms with E-state index in [1.807, 2.05) is 0 Å². The molecule has 0 radical (unpaired) electrons. The molecule has 0 saturated carbocycles. The Bertz CT molecular complexity index is 840. The summed E-state index contributed by atoms with van der Waals surface area (Å²) in [4.78, 5) is 35.2. The average molecular weight is 395 g/mol. The van der Waals surface area contributed by atoms with Crippen LogP contribution in [0.25, 0.3) is 0 Å². The highest BCUT2D eigenvalue weighted by Gasteiger charge is 2.10. The summed E-state index contributed by atoms with van der Waals surface area (Å²) in [6.07, 6.45) is 0.107. The van der Waals surface area contributed by atoms with Crippen molar-refractivity contribution < 1.29 is 19.1 Å². The first-order valence-electron chi connectivity index (χ1n) is 7.58. The molecule has 0 atom stereocenters. The minimum Gasteiger partial charge on any atom is -0.468 e. The van der Waals surface area contributed by atoms with Crippen molar-refractivity contribution in [3.63, 3.8) is 0 Å². The highest BCUT2D eigenvalue weighted by molar-refractivity contribution is 6.42. The number of nitrogens with one attached hydrogen (secondary N) is 2. The number of halogens is 2. The predicted octanol–water partition coefficient (Wildman–Crippen LogP) is 3.08. The molecule has 0 fully saturated rings. The molecule has 0 spiro atoms. The second-order valence-electron chi connectivity index (χ2n) is 5.31. The maximum Gasteiger partial charge on any atom is 0.325 e. The van der Waals surface area contributed by atoms with Crippen LogP contribution in [-0.4, -0.2) is 31.4 Å². The van der Waals surface area contributed by atoms with Crippen LogP contribution in [0.2, 0.25) is 10.0 Å². The number of carbonyl (C=O) groups is 3. The third-order valence-electron chi connectivity index (χ3n) is 3.38. The Morgan fingerprint density at radius 1 is 1.04 bits per heavy atom. The van der Waals surface area contributed by atoms with Crippen LogP contribution < -0.4 is 10.6 Å². The Balaban J connectivity index is 1.98. The molecule has 2 rings (SSSR count). The van der Waals surface area contributed by atoms with Gasteiger partial charge in [0.1, 0.15) is 6.54 Å². The second kappa shape index (κ2) is 9.22. The van der Waals surface area contributed by atoms with Crippen LogP contribution >= 0.6 is 23.2 Å². The van der Waals surface area contributed by atoms with E-state index in [4.69, 9.17) is 23.2 Å². The fourth-order valence-electron chi connectivity index (χ4n) is 2.11. The number of rotatable bonds is 6. The van der Waals surface area contributed by atoms with Crippen molar-refractivity contribution in [2.75, 3.05) is 19.0 Å². The number of anilines is 1. The van der Waals surface area contributed by atoms with Gasteiger partial charge in [-0.05, 0) is 35.9 Å². The highest BCUT2D eigenvalue weighted by atomic mass is 35.5. The smallest absolute Gasteiger partial charge is 0.325 e. The van der Waals surface area contributed by atoms with E-state index < -0.39 is 11.9 Å². The summed E-state index contributed by atoms with van der Waals surface area (Å²) in [6, 6.07) is 11.3. The van der Waals surface area contributed by atoms with Crippen LogP contribution in [0.5, 0.6) is 0 Å². The molecule has 26 heavy (non-hydrogen) atoms. The molecule has 2 N–H and O–H groups in total. The monoisotopic (exact) mass is 394 g/mol. The number of esters is 1. The Morgan fingerprint density at radius 2 is 1.81 bits per heavy atom. The molecular formula is C18H16Cl2N2O4. The van der Waals surface area contributed by atoms with E-state index in [1.54, 1.807) is 36.4 Å². The van der Waals surface area contributed by atoms with Crippen molar-refractivity contribution in [2.24, 2.45) is 0 Å². The van der Waals surface area contributed by atoms with Gasteiger partial charge in [-0.1, -0.05) is 35.3 Å². The molecule has 0 unspecified atom stereocenters. The number of benzene rings is 2. The number of amides is 2. The molecule has 2 aromatic carbocycles. The standard InChI is InChI=1S/C18H16Cl2N2O4/c1-26-17(24)10-21-18(25)12-3-2-4-13(9-12)22-16(23)8-11-5-6-14(19)15(20)7-11/h2-7,9H,8,10H2,1H3,(H,21,25)(H,22,23). The van der Waals surface area contributed by atoms with Gasteiger partial charge in [0.05, 0.1) is 23.6 Å². The summed E-state index contributed by atoms with van der Waals surface area (Å²) in [5.41, 5.74) is 1.48. The number of methoxy groups -OCH3 is 1. The average Bonchev–Trinajstić information content (AvgIpc) is 2.62. The van der Waals surface area contributed by atoms with Gasteiger partial charge >= 0.3 is 5.97 Å². The van der Waals surface area contributed by atoms with Crippen LogP contribution in [0.3, 0.4) is 0 Å². The van der Waals surface area contributed by atoms with Crippen molar-refractivity contribution >= 4 is 46.7 Å². The number of ether oxygens (including phenoxy) is 1. The minimum atomic E-state index is -0.551. The largest absolute Gasteiger partial charge is 0.468 e. The zero-order valence-electron chi connectivity index (χ0n) is 13.8. The van der Waals surface area contributed by atoms with E-state index in [-0.39, 0.29) is 18.9 Å². The lowest BCUT2D eigenvalue weighted by Crippen LogP contribution is -2.30. The summed E-state index contributed by atoms with van der Waals surface area (Å²) in [7, 11) is 1.23. The van der Waals surface area contributed by atoms with E-state index >= 15 is 0 Å². The lowest BCUT2D eigenvalue weighted by atomic mass is 10.1. The summed E-state index contributed by atoms with van der Waals surface area (Å²) in [6.45, 7) is -0.233. The molecule has 2 aromatic rings. The first-order chi connectivity index (χ1) is 12.4. The molecule has 0 aromatic heterocycles. The fraction of sp³-hybridized carbons (Fsp3) is 0.167. The molecular weight excluding hydrogens is 379 g/mol. The molecule has 8 heteroatoms. The molecule has 2 amide bonds. The molecule has 0 saturated heterocycles. The minimum absolute atomic E-state index is 0.107. The van der Waals surface area contributed by atoms with Gasteiger partial charge in [0.2, 0.25) is 5.91 Å². The van der Waals surface area contributed by atoms with Gasteiger partial charge in [0.25, 0.3) is 5.91 Å². The van der Waals surface area contributed by atoms with Gasteiger partial charge in [-0.15, -0.1) is 0 Å². The molecule has 0 heterocycles. The first-order valence-corrected chi connectivity index (χ1v) is 8.33. The zero-order chi connectivity index (χ0) is 19.1. The van der Waals surface area contributed by atoms with Gasteiger partial charge in [0, 0.05) is 11.3 Å². The van der Waals surface area contributed by atoms with E-state index in [0.717, 1.165) is 0 Å². The first kappa shape index (κ1) is 19.8. The van der Waals surface area contributed by atoms with E-state index in [0.29, 0.717) is 26.9 Å². The summed E-state index contributed by atoms with van der Waals surface area (Å²) < 4.78 is 4.46. The zero-order valence-corrected chi connectivity index (χ0v) is 15.4. The van der Waals surface area contributed by atoms with Crippen LogP contribution in [-0.2, 0) is 20.7 Å². The summed E-state index contributed by atoms with van der Waals surface area (Å²) in [5.74, 6) is -1.27. The van der Waals surface area contributed by atoms with Crippen molar-refractivity contribution in [1.82, 2.24) is 5.32 Å². The van der Waals surface area contributed by atoms with Gasteiger partial charge < -0.3 is 15.4 Å². The Kier molecular flexibility index (Phi) is 7.00. The van der Waals surface area contributed by atoms with Crippen molar-refractivity contribution in [2.45, 2.75) is 6.42 Å². The summed E-state index contributed by atoms with van der Waals surface area (Å²) >= 11 is 11.8. The van der Waals surface area contributed by atoms with Gasteiger partial charge in [-0.25, -0.2) is 0 Å². The molecule has 0 bridgehead atoms. The maximum atomic E-state index is 12.2. The van der Waals surface area contributed by atoms with Crippen LogP contribution in [0.4, 0.5) is 5.69 Å². The quantitative estimate of drug-likeness (QED) is 0.737. The molecule has 136 valence electrons. The number of hydrogen-bond acceptors (Lipinski definition) is 4. The number of hydrogen-bond donors (Lipinski definition) is 2. The van der Waals surface area contributed by atoms with E-state index in [1.165, 1.54) is 13.2 Å².